The van der Waals surface area contributed by atoms with Crippen molar-refractivity contribution in [1.82, 2.24) is 9.88 Å². The molecule has 0 N–H and O–H groups in total. The quantitative estimate of drug-likeness (QED) is 0.803. The lowest BCUT2D eigenvalue weighted by Crippen LogP contribution is -2.44. The summed E-state index contributed by atoms with van der Waals surface area (Å²) in [4.78, 5) is 17.6. The highest BCUT2D eigenvalue weighted by atomic mass is 16.5. The van der Waals surface area contributed by atoms with Gasteiger partial charge in [-0.3, -0.25) is 9.78 Å². The highest BCUT2D eigenvalue weighted by molar-refractivity contribution is 5.77. The number of aromatic nitrogens is 1. The van der Waals surface area contributed by atoms with Crippen LogP contribution in [0.15, 0.2) is 24.5 Å². The molecular formula is C14H20N2O3. The van der Waals surface area contributed by atoms with E-state index in [9.17, 15) is 4.79 Å². The lowest BCUT2D eigenvalue weighted by atomic mass is 10.1. The summed E-state index contributed by atoms with van der Waals surface area (Å²) < 4.78 is 10.7. The standard InChI is InChI=1S/C14H20N2O3/c1-18-11-14(17)16-7-3-5-13(9-16)19-10-12-4-2-6-15-8-12/h2,4,6,8,13H,3,5,7,9-11H2,1H3. The van der Waals surface area contributed by atoms with Crippen molar-refractivity contribution >= 4 is 5.91 Å². The maximum absolute atomic E-state index is 11.8. The number of pyridine rings is 1. The Morgan fingerprint density at radius 3 is 3.21 bits per heavy atom. The molecule has 1 saturated heterocycles. The molecule has 104 valence electrons. The molecule has 0 aliphatic carbocycles. The van der Waals surface area contributed by atoms with E-state index in [2.05, 4.69) is 4.98 Å². The molecule has 19 heavy (non-hydrogen) atoms. The van der Waals surface area contributed by atoms with E-state index < -0.39 is 0 Å². The van der Waals surface area contributed by atoms with E-state index in [4.69, 9.17) is 9.47 Å². The summed E-state index contributed by atoms with van der Waals surface area (Å²) in [6.07, 6.45) is 5.63. The van der Waals surface area contributed by atoms with Crippen LogP contribution in [0, 0.1) is 0 Å². The van der Waals surface area contributed by atoms with Crippen molar-refractivity contribution in [3.8, 4) is 0 Å². The van der Waals surface area contributed by atoms with Crippen molar-refractivity contribution < 1.29 is 14.3 Å². The van der Waals surface area contributed by atoms with Crippen molar-refractivity contribution in [1.29, 1.82) is 0 Å². The van der Waals surface area contributed by atoms with Gasteiger partial charge in [-0.2, -0.15) is 0 Å². The average molecular weight is 264 g/mol. The van der Waals surface area contributed by atoms with Crippen molar-refractivity contribution in [2.24, 2.45) is 0 Å². The Bertz CT molecular complexity index is 397. The first-order valence-corrected chi connectivity index (χ1v) is 6.57. The van der Waals surface area contributed by atoms with Gasteiger partial charge in [0, 0.05) is 32.6 Å². The lowest BCUT2D eigenvalue weighted by molar-refractivity contribution is -0.139. The Balaban J connectivity index is 1.79. The number of amides is 1. The van der Waals surface area contributed by atoms with Crippen LogP contribution in [0.4, 0.5) is 0 Å². The van der Waals surface area contributed by atoms with Crippen LogP contribution in [0.5, 0.6) is 0 Å². The molecule has 5 heteroatoms. The molecule has 2 heterocycles. The Morgan fingerprint density at radius 2 is 2.47 bits per heavy atom. The molecule has 1 fully saturated rings. The van der Waals surface area contributed by atoms with Gasteiger partial charge in [0.15, 0.2) is 0 Å². The molecule has 1 aliphatic heterocycles. The summed E-state index contributed by atoms with van der Waals surface area (Å²) in [6, 6.07) is 3.89. The third kappa shape index (κ3) is 4.29. The Morgan fingerprint density at radius 1 is 1.58 bits per heavy atom. The third-order valence-electron chi connectivity index (χ3n) is 3.21. The fourth-order valence-electron chi connectivity index (χ4n) is 2.21. The minimum Gasteiger partial charge on any atom is -0.375 e. The largest absolute Gasteiger partial charge is 0.375 e. The zero-order valence-corrected chi connectivity index (χ0v) is 11.2. The fraction of sp³-hybridized carbons (Fsp3) is 0.571. The van der Waals surface area contributed by atoms with Crippen LogP contribution in [0.25, 0.3) is 0 Å². The number of ether oxygens (including phenoxy) is 2. The number of nitrogens with zero attached hydrogens (tertiary/aromatic N) is 2. The zero-order chi connectivity index (χ0) is 13.5. The van der Waals surface area contributed by atoms with Gasteiger partial charge in [-0.05, 0) is 24.5 Å². The molecule has 0 saturated carbocycles. The Hall–Kier alpha value is -1.46. The first kappa shape index (κ1) is 14.0. The van der Waals surface area contributed by atoms with Gasteiger partial charge in [-0.1, -0.05) is 6.07 Å². The third-order valence-corrected chi connectivity index (χ3v) is 3.21. The monoisotopic (exact) mass is 264 g/mol. The topological polar surface area (TPSA) is 51.7 Å². The molecule has 0 bridgehead atoms. The predicted octanol–water partition coefficient (Wildman–Crippen LogP) is 1.24. The van der Waals surface area contributed by atoms with Gasteiger partial charge in [0.2, 0.25) is 5.91 Å². The number of likely N-dealkylation sites (tertiary alicyclic amines) is 1. The highest BCUT2D eigenvalue weighted by Crippen LogP contribution is 2.15. The highest BCUT2D eigenvalue weighted by Gasteiger charge is 2.23. The molecule has 1 aromatic rings. The van der Waals surface area contributed by atoms with E-state index in [0.29, 0.717) is 13.2 Å². The lowest BCUT2D eigenvalue weighted by Gasteiger charge is -2.32. The van der Waals surface area contributed by atoms with Gasteiger partial charge in [-0.15, -0.1) is 0 Å². The minimum atomic E-state index is 0.0391. The number of carbonyl (C=O) groups is 1. The van der Waals surface area contributed by atoms with Crippen molar-refractivity contribution in [3.05, 3.63) is 30.1 Å². The molecular weight excluding hydrogens is 244 g/mol. The van der Waals surface area contributed by atoms with Crippen LogP contribution in [0.1, 0.15) is 18.4 Å². The molecule has 1 unspecified atom stereocenters. The molecule has 0 radical (unpaired) electrons. The SMILES string of the molecule is COCC(=O)N1CCCC(OCc2cccnc2)C1. The maximum atomic E-state index is 11.8. The molecule has 1 aliphatic rings. The summed E-state index contributed by atoms with van der Waals surface area (Å²) >= 11 is 0. The fourth-order valence-corrected chi connectivity index (χ4v) is 2.21. The van der Waals surface area contributed by atoms with E-state index in [1.165, 1.54) is 7.11 Å². The van der Waals surface area contributed by atoms with Gasteiger partial charge in [0.1, 0.15) is 6.61 Å². The summed E-state index contributed by atoms with van der Waals surface area (Å²) in [5, 5.41) is 0. The van der Waals surface area contributed by atoms with Crippen molar-refractivity contribution in [3.63, 3.8) is 0 Å². The van der Waals surface area contributed by atoms with E-state index in [1.807, 2.05) is 17.0 Å². The molecule has 0 aromatic carbocycles. The summed E-state index contributed by atoms with van der Waals surface area (Å²) in [5.41, 5.74) is 1.06. The Labute approximate surface area is 113 Å². The zero-order valence-electron chi connectivity index (χ0n) is 11.2. The van der Waals surface area contributed by atoms with Gasteiger partial charge in [0.05, 0.1) is 12.7 Å². The van der Waals surface area contributed by atoms with E-state index >= 15 is 0 Å². The summed E-state index contributed by atoms with van der Waals surface area (Å²) in [7, 11) is 1.54. The molecule has 2 rings (SSSR count). The van der Waals surface area contributed by atoms with Crippen LogP contribution < -0.4 is 0 Å². The van der Waals surface area contributed by atoms with Gasteiger partial charge < -0.3 is 14.4 Å². The number of hydrogen-bond donors (Lipinski definition) is 0. The molecule has 0 spiro atoms. The van der Waals surface area contributed by atoms with Gasteiger partial charge in [-0.25, -0.2) is 0 Å². The van der Waals surface area contributed by atoms with E-state index in [0.717, 1.165) is 24.9 Å². The van der Waals surface area contributed by atoms with Gasteiger partial charge in [0.25, 0.3) is 0 Å². The molecule has 1 atom stereocenters. The van der Waals surface area contributed by atoms with Crippen LogP contribution in [-0.2, 0) is 20.9 Å². The van der Waals surface area contributed by atoms with Crippen molar-refractivity contribution in [2.75, 3.05) is 26.8 Å². The van der Waals surface area contributed by atoms with Crippen molar-refractivity contribution in [2.45, 2.75) is 25.6 Å². The second-order valence-electron chi connectivity index (χ2n) is 4.71. The smallest absolute Gasteiger partial charge is 0.248 e. The number of rotatable bonds is 5. The van der Waals surface area contributed by atoms with Crippen LogP contribution in [-0.4, -0.2) is 48.7 Å². The minimum absolute atomic E-state index is 0.0391. The predicted molar refractivity (Wildman–Crippen MR) is 70.5 cm³/mol. The maximum Gasteiger partial charge on any atom is 0.248 e. The Kier molecular flexibility index (Phi) is 5.30. The summed E-state index contributed by atoms with van der Waals surface area (Å²) in [5.74, 6) is 0.0391. The van der Waals surface area contributed by atoms with Gasteiger partial charge >= 0.3 is 0 Å². The molecule has 1 aromatic heterocycles. The summed E-state index contributed by atoms with van der Waals surface area (Å²) in [6.45, 7) is 2.15. The van der Waals surface area contributed by atoms with Crippen LogP contribution in [0.2, 0.25) is 0 Å². The van der Waals surface area contributed by atoms with Crippen LogP contribution >= 0.6 is 0 Å². The van der Waals surface area contributed by atoms with E-state index in [1.54, 1.807) is 12.4 Å². The normalized spacial score (nSPS) is 19.4. The number of methoxy groups -OCH3 is 1. The van der Waals surface area contributed by atoms with E-state index in [-0.39, 0.29) is 18.6 Å². The molecule has 5 nitrogen and oxygen atoms in total. The second-order valence-corrected chi connectivity index (χ2v) is 4.71. The second kappa shape index (κ2) is 7.21. The number of hydrogen-bond acceptors (Lipinski definition) is 4. The first-order chi connectivity index (χ1) is 9.29. The van der Waals surface area contributed by atoms with Crippen LogP contribution in [0.3, 0.4) is 0 Å². The molecule has 1 amide bonds. The first-order valence-electron chi connectivity index (χ1n) is 6.57. The number of carbonyl (C=O) groups excluding carboxylic acids is 1. The average Bonchev–Trinajstić information content (AvgIpc) is 2.47. The number of piperidine rings is 1.